The van der Waals surface area contributed by atoms with E-state index in [1.165, 1.54) is 0 Å². The van der Waals surface area contributed by atoms with E-state index in [0.29, 0.717) is 18.3 Å². The lowest BCUT2D eigenvalue weighted by atomic mass is 9.41. The SMILES string of the molecule is CC(C)C1=CC2CC3(C=O)[C@@H]4CC[C@@H](C)[C@H]4CC2(C2CCC(CN(C)CCN(C)C)O2)C13C(=O)O. The average Bonchev–Trinajstić information content (AvgIpc) is 3.52. The number of carboxylic acid groups (broad SMARTS) is 1. The van der Waals surface area contributed by atoms with Crippen molar-refractivity contribution in [1.29, 1.82) is 0 Å². The molecule has 1 saturated heterocycles. The van der Waals surface area contributed by atoms with Gasteiger partial charge >= 0.3 is 5.97 Å². The number of ether oxygens (including phenoxy) is 1. The number of aliphatic carboxylic acids is 1. The van der Waals surface area contributed by atoms with Crippen molar-refractivity contribution in [3.63, 3.8) is 0 Å². The number of allylic oxidation sites excluding steroid dienone is 1. The maximum atomic E-state index is 13.6. The Bertz CT molecular complexity index is 901. The summed E-state index contributed by atoms with van der Waals surface area (Å²) in [5.74, 6) is 0.607. The number of carbonyl (C=O) groups excluding carboxylic acids is 1. The third kappa shape index (κ3) is 3.18. The van der Waals surface area contributed by atoms with Crippen molar-refractivity contribution in [3.05, 3.63) is 11.6 Å². The van der Waals surface area contributed by atoms with E-state index in [2.05, 4.69) is 57.8 Å². The van der Waals surface area contributed by atoms with Gasteiger partial charge in [0.15, 0.2) is 0 Å². The van der Waals surface area contributed by atoms with Gasteiger partial charge in [0.25, 0.3) is 0 Å². The second-order valence-corrected chi connectivity index (χ2v) is 13.3. The lowest BCUT2D eigenvalue weighted by Crippen LogP contribution is -2.65. The molecule has 0 aromatic carbocycles. The topological polar surface area (TPSA) is 70.1 Å². The summed E-state index contributed by atoms with van der Waals surface area (Å²) in [6, 6.07) is 0. The minimum Gasteiger partial charge on any atom is -0.481 e. The van der Waals surface area contributed by atoms with Gasteiger partial charge in [-0.2, -0.15) is 0 Å². The van der Waals surface area contributed by atoms with Crippen molar-refractivity contribution in [2.45, 2.75) is 71.5 Å². The number of fused-ring (bicyclic) bond motifs is 2. The standard InChI is InChI=1S/C29H46N2O4/c1-18(2)24-13-20-14-27(17-32)23-9-7-19(3)22(23)15-28(20,29(24,27)26(33)34)25-10-8-21(35-25)16-31(6)12-11-30(4)5/h13,17-23,25H,7-12,14-16H2,1-6H3,(H,33,34)/t19-,20?,21?,22-,23-,25?,27?,28?,29?/m1/s1. The van der Waals surface area contributed by atoms with Crippen LogP contribution >= 0.6 is 0 Å². The summed E-state index contributed by atoms with van der Waals surface area (Å²) in [6.07, 6.45) is 9.00. The van der Waals surface area contributed by atoms with Gasteiger partial charge in [0.2, 0.25) is 0 Å². The van der Waals surface area contributed by atoms with Gasteiger partial charge < -0.3 is 24.4 Å². The monoisotopic (exact) mass is 486 g/mol. The number of rotatable bonds is 9. The van der Waals surface area contributed by atoms with Crippen LogP contribution in [0.4, 0.5) is 0 Å². The highest BCUT2D eigenvalue weighted by Gasteiger charge is 2.86. The zero-order chi connectivity index (χ0) is 25.3. The van der Waals surface area contributed by atoms with Crippen molar-refractivity contribution in [2.75, 3.05) is 40.8 Å². The van der Waals surface area contributed by atoms with Crippen LogP contribution in [0.3, 0.4) is 0 Å². The molecule has 0 aromatic rings. The largest absolute Gasteiger partial charge is 0.481 e. The second kappa shape index (κ2) is 8.66. The van der Waals surface area contributed by atoms with Gasteiger partial charge in [-0.05, 0) is 82.8 Å². The van der Waals surface area contributed by atoms with Crippen molar-refractivity contribution in [3.8, 4) is 0 Å². The van der Waals surface area contributed by atoms with Crippen LogP contribution in [0.25, 0.3) is 0 Å². The highest BCUT2D eigenvalue weighted by molar-refractivity contribution is 5.90. The third-order valence-electron chi connectivity index (χ3n) is 11.1. The van der Waals surface area contributed by atoms with Crippen LogP contribution in [-0.4, -0.2) is 80.1 Å². The fraction of sp³-hybridized carbons (Fsp3) is 0.862. The van der Waals surface area contributed by atoms with Gasteiger partial charge in [0.05, 0.1) is 17.6 Å². The molecule has 9 atom stereocenters. The van der Waals surface area contributed by atoms with Crippen LogP contribution in [0.15, 0.2) is 11.6 Å². The van der Waals surface area contributed by atoms with E-state index < -0.39 is 22.2 Å². The number of carbonyl (C=O) groups is 2. The van der Waals surface area contributed by atoms with Gasteiger partial charge in [-0.25, -0.2) is 0 Å². The van der Waals surface area contributed by atoms with Gasteiger partial charge in [0.1, 0.15) is 11.7 Å². The Kier molecular flexibility index (Phi) is 6.29. The first-order chi connectivity index (χ1) is 16.5. The maximum Gasteiger partial charge on any atom is 0.315 e. The zero-order valence-electron chi connectivity index (χ0n) is 22.6. The zero-order valence-corrected chi connectivity index (χ0v) is 22.6. The molecule has 35 heavy (non-hydrogen) atoms. The summed E-state index contributed by atoms with van der Waals surface area (Å²) in [6.45, 7) is 9.42. The molecule has 196 valence electrons. The van der Waals surface area contributed by atoms with Crippen molar-refractivity contribution >= 4 is 12.3 Å². The molecule has 4 bridgehead atoms. The Labute approximate surface area is 211 Å². The van der Waals surface area contributed by atoms with Crippen molar-refractivity contribution < 1.29 is 19.4 Å². The Hall–Kier alpha value is -1.24. The lowest BCUT2D eigenvalue weighted by Gasteiger charge is -2.60. The molecule has 6 heteroatoms. The summed E-state index contributed by atoms with van der Waals surface area (Å²) in [4.78, 5) is 31.4. The predicted octanol–water partition coefficient (Wildman–Crippen LogP) is 3.95. The summed E-state index contributed by atoms with van der Waals surface area (Å²) in [5, 5.41) is 11.2. The van der Waals surface area contributed by atoms with Crippen LogP contribution in [0.2, 0.25) is 0 Å². The first kappa shape index (κ1) is 25.4. The molecule has 5 rings (SSSR count). The Morgan fingerprint density at radius 3 is 2.54 bits per heavy atom. The van der Waals surface area contributed by atoms with E-state index in [4.69, 9.17) is 4.74 Å². The molecule has 1 heterocycles. The van der Waals surface area contributed by atoms with Crippen LogP contribution < -0.4 is 0 Å². The summed E-state index contributed by atoms with van der Waals surface area (Å²) in [7, 11) is 6.34. The number of likely N-dealkylation sites (N-methyl/N-ethyl adjacent to an activating group) is 2. The van der Waals surface area contributed by atoms with Crippen molar-refractivity contribution in [2.24, 2.45) is 45.8 Å². The molecule has 4 fully saturated rings. The average molecular weight is 487 g/mol. The van der Waals surface area contributed by atoms with E-state index in [-0.39, 0.29) is 30.0 Å². The van der Waals surface area contributed by atoms with E-state index >= 15 is 0 Å². The van der Waals surface area contributed by atoms with Crippen LogP contribution in [0.5, 0.6) is 0 Å². The fourth-order valence-electron chi connectivity index (χ4n) is 9.88. The van der Waals surface area contributed by atoms with Gasteiger partial charge in [0, 0.05) is 25.0 Å². The molecule has 1 N–H and O–H groups in total. The number of hydrogen-bond donors (Lipinski definition) is 1. The van der Waals surface area contributed by atoms with E-state index in [1.807, 2.05) is 0 Å². The Morgan fingerprint density at radius 2 is 1.91 bits per heavy atom. The molecule has 0 spiro atoms. The lowest BCUT2D eigenvalue weighted by molar-refractivity contribution is -0.197. The molecule has 0 aromatic heterocycles. The molecule has 0 radical (unpaired) electrons. The van der Waals surface area contributed by atoms with E-state index in [1.54, 1.807) is 0 Å². The minimum absolute atomic E-state index is 0.0982. The first-order valence-electron chi connectivity index (χ1n) is 14.0. The summed E-state index contributed by atoms with van der Waals surface area (Å²) < 4.78 is 6.89. The fourth-order valence-corrected chi connectivity index (χ4v) is 9.88. The van der Waals surface area contributed by atoms with Gasteiger partial charge in [-0.15, -0.1) is 0 Å². The minimum atomic E-state index is -1.12. The highest BCUT2D eigenvalue weighted by Crippen LogP contribution is 2.84. The molecule has 5 aliphatic rings. The second-order valence-electron chi connectivity index (χ2n) is 13.3. The predicted molar refractivity (Wildman–Crippen MR) is 136 cm³/mol. The number of hydrogen-bond acceptors (Lipinski definition) is 5. The molecule has 6 nitrogen and oxygen atoms in total. The molecule has 3 saturated carbocycles. The van der Waals surface area contributed by atoms with Crippen LogP contribution in [0.1, 0.15) is 59.3 Å². The molecule has 4 aliphatic carbocycles. The van der Waals surface area contributed by atoms with E-state index in [0.717, 1.165) is 63.6 Å². The number of aldehydes is 1. The quantitative estimate of drug-likeness (QED) is 0.393. The van der Waals surface area contributed by atoms with Crippen LogP contribution in [-0.2, 0) is 14.3 Å². The third-order valence-corrected chi connectivity index (χ3v) is 11.1. The van der Waals surface area contributed by atoms with Gasteiger partial charge in [-0.1, -0.05) is 38.8 Å². The molecular formula is C29H46N2O4. The Balaban J connectivity index is 1.53. The molecule has 0 amide bonds. The first-order valence-corrected chi connectivity index (χ1v) is 14.0. The summed E-state index contributed by atoms with van der Waals surface area (Å²) in [5.41, 5.74) is -1.41. The molecule has 6 unspecified atom stereocenters. The van der Waals surface area contributed by atoms with Crippen LogP contribution in [0, 0.1) is 45.8 Å². The molecule has 1 aliphatic heterocycles. The van der Waals surface area contributed by atoms with E-state index in [9.17, 15) is 14.7 Å². The van der Waals surface area contributed by atoms with Crippen molar-refractivity contribution in [1.82, 2.24) is 9.80 Å². The number of carboxylic acids is 1. The smallest absolute Gasteiger partial charge is 0.315 e. The Morgan fingerprint density at radius 1 is 1.17 bits per heavy atom. The number of nitrogens with zero attached hydrogens (tertiary/aromatic N) is 2. The van der Waals surface area contributed by atoms with Gasteiger partial charge in [-0.3, -0.25) is 4.79 Å². The maximum absolute atomic E-state index is 13.6. The summed E-state index contributed by atoms with van der Waals surface area (Å²) >= 11 is 0. The highest BCUT2D eigenvalue weighted by atomic mass is 16.5. The molecular weight excluding hydrogens is 440 g/mol. The normalized spacial score (nSPS) is 46.0.